The van der Waals surface area contributed by atoms with E-state index >= 15 is 0 Å². The molecule has 0 aliphatic carbocycles. The van der Waals surface area contributed by atoms with Crippen molar-refractivity contribution in [3.8, 4) is 33.4 Å². The van der Waals surface area contributed by atoms with Gasteiger partial charge in [-0.25, -0.2) is 0 Å². The fourth-order valence-electron chi connectivity index (χ4n) is 7.54. The minimum absolute atomic E-state index is 0.912. The van der Waals surface area contributed by atoms with Crippen LogP contribution >= 0.6 is 0 Å². The summed E-state index contributed by atoms with van der Waals surface area (Å²) in [4.78, 5) is 0. The largest absolute Gasteiger partial charge is 0.455 e. The molecule has 9 aromatic carbocycles. The summed E-state index contributed by atoms with van der Waals surface area (Å²) in [7, 11) is 0. The lowest BCUT2D eigenvalue weighted by Gasteiger charge is -2.17. The van der Waals surface area contributed by atoms with Crippen molar-refractivity contribution in [1.29, 1.82) is 0 Å². The van der Waals surface area contributed by atoms with Gasteiger partial charge in [-0.05, 0) is 89.1 Å². The van der Waals surface area contributed by atoms with E-state index in [-0.39, 0.29) is 0 Å². The van der Waals surface area contributed by atoms with Crippen molar-refractivity contribution >= 4 is 65.0 Å². The Hall–Kier alpha value is -5.92. The summed E-state index contributed by atoms with van der Waals surface area (Å²) in [5.41, 5.74) is 9.05. The number of benzene rings is 9. The molecule has 1 heterocycles. The Kier molecular flexibility index (Phi) is 5.06. The standard InChI is InChI=1S/C44H26O/c1-2-9-28(10-3-1)34-24-25-38(43-39-12-6-7-13-40(39)45-44(34)43)35-21-17-30-18-22-36-33(20-16-29-19-23-37(35)42(30)41(29)36)32-15-14-27-8-4-5-11-31(27)26-32/h1-26H. The zero-order chi connectivity index (χ0) is 29.5. The normalized spacial score (nSPS) is 12.0. The van der Waals surface area contributed by atoms with Crippen LogP contribution in [0.15, 0.2) is 162 Å². The van der Waals surface area contributed by atoms with E-state index in [1.807, 2.05) is 0 Å². The van der Waals surface area contributed by atoms with Crippen molar-refractivity contribution in [2.75, 3.05) is 0 Å². The number of rotatable bonds is 3. The number of hydrogen-bond acceptors (Lipinski definition) is 1. The monoisotopic (exact) mass is 570 g/mol. The van der Waals surface area contributed by atoms with E-state index in [0.717, 1.165) is 27.7 Å². The second-order valence-corrected chi connectivity index (χ2v) is 12.0. The summed E-state index contributed by atoms with van der Waals surface area (Å²) in [5, 5.41) is 12.6. The van der Waals surface area contributed by atoms with Crippen LogP contribution in [0, 0.1) is 0 Å². The Bertz CT molecular complexity index is 2750. The van der Waals surface area contributed by atoms with Gasteiger partial charge < -0.3 is 4.42 Å². The summed E-state index contributed by atoms with van der Waals surface area (Å²) < 4.78 is 6.62. The maximum atomic E-state index is 6.62. The Morgan fingerprint density at radius 2 is 0.911 bits per heavy atom. The van der Waals surface area contributed by atoms with Gasteiger partial charge in [-0.3, -0.25) is 0 Å². The summed E-state index contributed by atoms with van der Waals surface area (Å²) in [5.74, 6) is 0. The van der Waals surface area contributed by atoms with Gasteiger partial charge in [0, 0.05) is 16.3 Å². The average molecular weight is 571 g/mol. The lowest BCUT2D eigenvalue weighted by molar-refractivity contribution is 0.670. The lowest BCUT2D eigenvalue weighted by atomic mass is 9.86. The average Bonchev–Trinajstić information content (AvgIpc) is 3.50. The molecule has 0 amide bonds. The highest BCUT2D eigenvalue weighted by atomic mass is 16.3. The maximum Gasteiger partial charge on any atom is 0.143 e. The number of para-hydroxylation sites is 1. The van der Waals surface area contributed by atoms with Crippen molar-refractivity contribution in [2.45, 2.75) is 0 Å². The van der Waals surface area contributed by atoms with Gasteiger partial charge in [0.25, 0.3) is 0 Å². The third-order valence-electron chi connectivity index (χ3n) is 9.63. The first-order valence-electron chi connectivity index (χ1n) is 15.5. The van der Waals surface area contributed by atoms with Crippen molar-refractivity contribution in [1.82, 2.24) is 0 Å². The smallest absolute Gasteiger partial charge is 0.143 e. The van der Waals surface area contributed by atoms with Crippen LogP contribution in [-0.2, 0) is 0 Å². The van der Waals surface area contributed by atoms with Gasteiger partial charge in [-0.2, -0.15) is 0 Å². The molecule has 10 aromatic rings. The molecule has 1 heteroatoms. The fourth-order valence-corrected chi connectivity index (χ4v) is 7.54. The molecule has 0 fully saturated rings. The van der Waals surface area contributed by atoms with E-state index < -0.39 is 0 Å². The topological polar surface area (TPSA) is 13.1 Å². The molecule has 0 aliphatic rings. The van der Waals surface area contributed by atoms with Crippen molar-refractivity contribution in [3.63, 3.8) is 0 Å². The molecule has 0 unspecified atom stereocenters. The molecule has 0 saturated heterocycles. The summed E-state index contributed by atoms with van der Waals surface area (Å²) in [6, 6.07) is 57.3. The molecule has 0 radical (unpaired) electrons. The van der Waals surface area contributed by atoms with Crippen LogP contribution in [0.4, 0.5) is 0 Å². The van der Waals surface area contributed by atoms with Crippen LogP contribution in [0.5, 0.6) is 0 Å². The molecule has 1 nitrogen and oxygen atoms in total. The molecule has 208 valence electrons. The first kappa shape index (κ1) is 24.5. The minimum atomic E-state index is 0.912. The third kappa shape index (κ3) is 3.56. The summed E-state index contributed by atoms with van der Waals surface area (Å²) >= 11 is 0. The number of hydrogen-bond donors (Lipinski definition) is 0. The third-order valence-corrected chi connectivity index (χ3v) is 9.63. The van der Waals surface area contributed by atoms with Crippen LogP contribution in [0.25, 0.3) is 98.4 Å². The van der Waals surface area contributed by atoms with E-state index in [2.05, 4.69) is 158 Å². The molecule has 0 aliphatic heterocycles. The maximum absolute atomic E-state index is 6.62. The van der Waals surface area contributed by atoms with Gasteiger partial charge in [-0.1, -0.05) is 140 Å². The summed E-state index contributed by atoms with van der Waals surface area (Å²) in [6.07, 6.45) is 0. The Morgan fingerprint density at radius 1 is 0.311 bits per heavy atom. The van der Waals surface area contributed by atoms with Crippen molar-refractivity contribution in [2.24, 2.45) is 0 Å². The van der Waals surface area contributed by atoms with E-state index in [4.69, 9.17) is 4.42 Å². The predicted molar refractivity (Wildman–Crippen MR) is 191 cm³/mol. The van der Waals surface area contributed by atoms with Crippen LogP contribution in [-0.4, -0.2) is 0 Å². The molecule has 0 saturated carbocycles. The van der Waals surface area contributed by atoms with E-state index in [1.165, 1.54) is 70.7 Å². The Balaban J connectivity index is 1.27. The molecule has 10 rings (SSSR count). The van der Waals surface area contributed by atoms with E-state index in [9.17, 15) is 0 Å². The molecule has 1 aromatic heterocycles. The van der Waals surface area contributed by atoms with Gasteiger partial charge in [0.05, 0.1) is 0 Å². The number of furan rings is 1. The van der Waals surface area contributed by atoms with Crippen LogP contribution in [0.3, 0.4) is 0 Å². The Labute approximate surface area is 259 Å². The fraction of sp³-hybridized carbons (Fsp3) is 0. The molecule has 0 bridgehead atoms. The van der Waals surface area contributed by atoms with Gasteiger partial charge in [0.15, 0.2) is 0 Å². The van der Waals surface area contributed by atoms with Gasteiger partial charge >= 0.3 is 0 Å². The molecule has 0 atom stereocenters. The van der Waals surface area contributed by atoms with Gasteiger partial charge in [0.1, 0.15) is 11.2 Å². The lowest BCUT2D eigenvalue weighted by Crippen LogP contribution is -1.90. The zero-order valence-electron chi connectivity index (χ0n) is 24.4. The quantitative estimate of drug-likeness (QED) is 0.193. The summed E-state index contributed by atoms with van der Waals surface area (Å²) in [6.45, 7) is 0. The second kappa shape index (κ2) is 9.29. The second-order valence-electron chi connectivity index (χ2n) is 12.0. The predicted octanol–water partition coefficient (Wildman–Crippen LogP) is 12.6. The zero-order valence-corrected chi connectivity index (χ0v) is 24.4. The van der Waals surface area contributed by atoms with E-state index in [1.54, 1.807) is 0 Å². The van der Waals surface area contributed by atoms with Crippen LogP contribution < -0.4 is 0 Å². The molecule has 0 spiro atoms. The van der Waals surface area contributed by atoms with Crippen LogP contribution in [0.1, 0.15) is 0 Å². The highest BCUT2D eigenvalue weighted by Gasteiger charge is 2.20. The van der Waals surface area contributed by atoms with Gasteiger partial charge in [-0.15, -0.1) is 0 Å². The van der Waals surface area contributed by atoms with Crippen LogP contribution in [0.2, 0.25) is 0 Å². The molecule has 45 heavy (non-hydrogen) atoms. The first-order chi connectivity index (χ1) is 22.3. The molecular weight excluding hydrogens is 544 g/mol. The highest BCUT2D eigenvalue weighted by Crippen LogP contribution is 2.46. The molecular formula is C44H26O. The number of fused-ring (bicyclic) bond motifs is 4. The molecule has 0 N–H and O–H groups in total. The van der Waals surface area contributed by atoms with E-state index in [0.29, 0.717) is 0 Å². The van der Waals surface area contributed by atoms with Crippen molar-refractivity contribution in [3.05, 3.63) is 158 Å². The minimum Gasteiger partial charge on any atom is -0.455 e. The first-order valence-corrected chi connectivity index (χ1v) is 15.5. The SMILES string of the molecule is c1ccc(-c2ccc(-c3ccc4ccc5c(-c6ccc7ccccc7c6)ccc6ccc3c4c65)c3c2oc2ccccc23)cc1. The Morgan fingerprint density at radius 3 is 1.73 bits per heavy atom. The van der Waals surface area contributed by atoms with Crippen molar-refractivity contribution < 1.29 is 4.42 Å². The van der Waals surface area contributed by atoms with Gasteiger partial charge in [0.2, 0.25) is 0 Å². The highest BCUT2D eigenvalue weighted by molar-refractivity contribution is 6.29.